The average molecular weight is 330 g/mol. The minimum absolute atomic E-state index is 0.249. The van der Waals surface area contributed by atoms with Gasteiger partial charge in [0.1, 0.15) is 11.6 Å². The summed E-state index contributed by atoms with van der Waals surface area (Å²) >= 11 is 3.28. The van der Waals surface area contributed by atoms with Gasteiger partial charge in [0, 0.05) is 17.7 Å². The third-order valence-electron chi connectivity index (χ3n) is 3.90. The van der Waals surface area contributed by atoms with Crippen molar-refractivity contribution in [3.8, 4) is 5.75 Å². The van der Waals surface area contributed by atoms with E-state index in [4.69, 9.17) is 4.74 Å². The summed E-state index contributed by atoms with van der Waals surface area (Å²) in [7, 11) is 1.60. The van der Waals surface area contributed by atoms with Crippen LogP contribution < -0.4 is 10.1 Å². The molecule has 1 saturated carbocycles. The molecule has 0 aliphatic heterocycles. The van der Waals surface area contributed by atoms with Crippen LogP contribution >= 0.6 is 15.9 Å². The minimum Gasteiger partial charge on any atom is -0.496 e. The number of hydrogen-bond donors (Lipinski definition) is 1. The van der Waals surface area contributed by atoms with Crippen LogP contribution in [0, 0.1) is 11.7 Å². The normalized spacial score (nSPS) is 17.7. The van der Waals surface area contributed by atoms with Gasteiger partial charge in [0.15, 0.2) is 0 Å². The first-order chi connectivity index (χ1) is 9.17. The number of halogens is 2. The van der Waals surface area contributed by atoms with Gasteiger partial charge in [0.05, 0.1) is 11.6 Å². The quantitative estimate of drug-likeness (QED) is 0.862. The van der Waals surface area contributed by atoms with E-state index >= 15 is 0 Å². The van der Waals surface area contributed by atoms with E-state index in [-0.39, 0.29) is 11.9 Å². The monoisotopic (exact) mass is 329 g/mol. The fourth-order valence-electron chi connectivity index (χ4n) is 3.00. The second-order valence-electron chi connectivity index (χ2n) is 5.09. The van der Waals surface area contributed by atoms with E-state index in [0.29, 0.717) is 16.1 Å². The number of nitrogens with one attached hydrogen (secondary N) is 1. The maximum Gasteiger partial charge on any atom is 0.141 e. The fraction of sp³-hybridized carbons (Fsp3) is 0.600. The highest BCUT2D eigenvalue weighted by Crippen LogP contribution is 2.40. The number of ether oxygens (including phenoxy) is 1. The standard InChI is InChI=1S/C15H21BrFNO/c1-3-18-15(10-6-4-5-7-10)11-8-12(16)13(17)9-14(11)19-2/h8-10,15,18H,3-7H2,1-2H3. The Hall–Kier alpha value is -0.610. The zero-order valence-electron chi connectivity index (χ0n) is 11.5. The van der Waals surface area contributed by atoms with Gasteiger partial charge in [-0.1, -0.05) is 19.8 Å². The third-order valence-corrected chi connectivity index (χ3v) is 4.51. The van der Waals surface area contributed by atoms with Crippen LogP contribution in [0.1, 0.15) is 44.2 Å². The molecule has 106 valence electrons. The topological polar surface area (TPSA) is 21.3 Å². The van der Waals surface area contributed by atoms with Crippen molar-refractivity contribution in [3.63, 3.8) is 0 Å². The molecule has 1 atom stereocenters. The maximum atomic E-state index is 13.6. The molecule has 0 radical (unpaired) electrons. The van der Waals surface area contributed by atoms with Crippen LogP contribution in [0.4, 0.5) is 4.39 Å². The van der Waals surface area contributed by atoms with Crippen LogP contribution in [0.15, 0.2) is 16.6 Å². The van der Waals surface area contributed by atoms with E-state index in [2.05, 4.69) is 28.2 Å². The van der Waals surface area contributed by atoms with Gasteiger partial charge in [0.2, 0.25) is 0 Å². The first kappa shape index (κ1) is 14.8. The lowest BCUT2D eigenvalue weighted by Gasteiger charge is -2.26. The zero-order chi connectivity index (χ0) is 13.8. The Balaban J connectivity index is 2.36. The molecule has 1 unspecified atom stereocenters. The lowest BCUT2D eigenvalue weighted by atomic mass is 9.91. The molecule has 19 heavy (non-hydrogen) atoms. The van der Waals surface area contributed by atoms with E-state index in [1.807, 2.05) is 6.07 Å². The molecule has 1 aromatic carbocycles. The molecule has 1 N–H and O–H groups in total. The molecule has 2 nitrogen and oxygen atoms in total. The average Bonchev–Trinajstić information content (AvgIpc) is 2.92. The molecular weight excluding hydrogens is 309 g/mol. The summed E-state index contributed by atoms with van der Waals surface area (Å²) in [6.07, 6.45) is 5.04. The summed E-state index contributed by atoms with van der Waals surface area (Å²) < 4.78 is 19.5. The van der Waals surface area contributed by atoms with Crippen LogP contribution in [-0.2, 0) is 0 Å². The van der Waals surface area contributed by atoms with E-state index in [1.54, 1.807) is 7.11 Å². The summed E-state index contributed by atoms with van der Waals surface area (Å²) in [6.45, 7) is 3.01. The van der Waals surface area contributed by atoms with Gasteiger partial charge in [0.25, 0.3) is 0 Å². The number of benzene rings is 1. The minimum atomic E-state index is -0.276. The second kappa shape index (κ2) is 6.71. The Morgan fingerprint density at radius 2 is 2.11 bits per heavy atom. The van der Waals surface area contributed by atoms with Crippen LogP contribution in [0.25, 0.3) is 0 Å². The van der Waals surface area contributed by atoms with Gasteiger partial charge in [-0.25, -0.2) is 4.39 Å². The van der Waals surface area contributed by atoms with Gasteiger partial charge < -0.3 is 10.1 Å². The van der Waals surface area contributed by atoms with Gasteiger partial charge in [-0.3, -0.25) is 0 Å². The molecule has 4 heteroatoms. The van der Waals surface area contributed by atoms with Crippen molar-refractivity contribution >= 4 is 15.9 Å². The Morgan fingerprint density at radius 1 is 1.42 bits per heavy atom. The molecule has 2 rings (SSSR count). The van der Waals surface area contributed by atoms with Crippen LogP contribution in [0.2, 0.25) is 0 Å². The van der Waals surface area contributed by atoms with E-state index in [0.717, 1.165) is 12.1 Å². The number of hydrogen-bond acceptors (Lipinski definition) is 2. The Labute approximate surface area is 122 Å². The van der Waals surface area contributed by atoms with Crippen molar-refractivity contribution in [2.75, 3.05) is 13.7 Å². The first-order valence-electron chi connectivity index (χ1n) is 6.93. The van der Waals surface area contributed by atoms with E-state index in [9.17, 15) is 4.39 Å². The fourth-order valence-corrected chi connectivity index (χ4v) is 3.37. The molecule has 0 bridgehead atoms. The van der Waals surface area contributed by atoms with Crippen molar-refractivity contribution in [3.05, 3.63) is 28.0 Å². The molecule has 0 amide bonds. The van der Waals surface area contributed by atoms with Crippen LogP contribution in [0.3, 0.4) is 0 Å². The van der Waals surface area contributed by atoms with Crippen molar-refractivity contribution in [2.24, 2.45) is 5.92 Å². The maximum absolute atomic E-state index is 13.6. The zero-order valence-corrected chi connectivity index (χ0v) is 13.1. The highest BCUT2D eigenvalue weighted by molar-refractivity contribution is 9.10. The highest BCUT2D eigenvalue weighted by atomic mass is 79.9. The van der Waals surface area contributed by atoms with E-state index in [1.165, 1.54) is 31.7 Å². The second-order valence-corrected chi connectivity index (χ2v) is 5.94. The van der Waals surface area contributed by atoms with Crippen molar-refractivity contribution < 1.29 is 9.13 Å². The first-order valence-corrected chi connectivity index (χ1v) is 7.73. The summed E-state index contributed by atoms with van der Waals surface area (Å²) in [5.41, 5.74) is 1.06. The predicted octanol–water partition coefficient (Wildman–Crippen LogP) is 4.44. The van der Waals surface area contributed by atoms with Crippen molar-refractivity contribution in [1.82, 2.24) is 5.32 Å². The van der Waals surface area contributed by atoms with Crippen LogP contribution in [0.5, 0.6) is 5.75 Å². The molecule has 1 fully saturated rings. The van der Waals surface area contributed by atoms with Gasteiger partial charge in [-0.15, -0.1) is 0 Å². The summed E-state index contributed by atoms with van der Waals surface area (Å²) in [5.74, 6) is 0.979. The largest absolute Gasteiger partial charge is 0.496 e. The molecule has 0 saturated heterocycles. The Bertz CT molecular complexity index is 432. The lowest BCUT2D eigenvalue weighted by Crippen LogP contribution is -2.27. The summed E-state index contributed by atoms with van der Waals surface area (Å²) in [4.78, 5) is 0. The van der Waals surface area contributed by atoms with Gasteiger partial charge in [-0.2, -0.15) is 0 Å². The van der Waals surface area contributed by atoms with Gasteiger partial charge >= 0.3 is 0 Å². The molecule has 0 heterocycles. The smallest absolute Gasteiger partial charge is 0.141 e. The Kier molecular flexibility index (Phi) is 5.22. The molecular formula is C15H21BrFNO. The lowest BCUT2D eigenvalue weighted by molar-refractivity contribution is 0.347. The number of methoxy groups -OCH3 is 1. The number of rotatable bonds is 5. The summed E-state index contributed by atoms with van der Waals surface area (Å²) in [6, 6.07) is 3.58. The molecule has 0 aromatic heterocycles. The van der Waals surface area contributed by atoms with Crippen molar-refractivity contribution in [1.29, 1.82) is 0 Å². The van der Waals surface area contributed by atoms with E-state index < -0.39 is 0 Å². The van der Waals surface area contributed by atoms with Crippen LogP contribution in [-0.4, -0.2) is 13.7 Å². The Morgan fingerprint density at radius 3 is 2.68 bits per heavy atom. The molecule has 1 aliphatic carbocycles. The highest BCUT2D eigenvalue weighted by Gasteiger charge is 2.28. The summed E-state index contributed by atoms with van der Waals surface area (Å²) in [5, 5.41) is 3.54. The SMILES string of the molecule is CCNC(c1cc(Br)c(F)cc1OC)C1CCCC1. The molecule has 1 aromatic rings. The molecule has 1 aliphatic rings. The van der Waals surface area contributed by atoms with Crippen molar-refractivity contribution in [2.45, 2.75) is 38.6 Å². The molecule has 0 spiro atoms. The van der Waals surface area contributed by atoms with Gasteiger partial charge in [-0.05, 0) is 47.3 Å². The third kappa shape index (κ3) is 3.29. The predicted molar refractivity (Wildman–Crippen MR) is 79.0 cm³/mol.